The molecule has 4 nitrogen and oxygen atoms in total. The van der Waals surface area contributed by atoms with Gasteiger partial charge in [-0.15, -0.1) is 0 Å². The van der Waals surface area contributed by atoms with E-state index in [9.17, 15) is 9.18 Å². The average molecular weight is 333 g/mol. The minimum Gasteiger partial charge on any atom is -0.322 e. The zero-order valence-corrected chi connectivity index (χ0v) is 15.2. The number of carbonyl (C=O) groups excluding carboxylic acids is 1. The Balaban J connectivity index is 2.14. The largest absolute Gasteiger partial charge is 0.322 e. The highest BCUT2D eigenvalue weighted by Crippen LogP contribution is 2.29. The van der Waals surface area contributed by atoms with E-state index in [0.717, 1.165) is 30.5 Å². The van der Waals surface area contributed by atoms with Gasteiger partial charge in [0.1, 0.15) is 0 Å². The molecule has 0 spiro atoms. The molecule has 2 rings (SSSR count). The molecule has 1 heterocycles. The van der Waals surface area contributed by atoms with Crippen molar-refractivity contribution in [1.82, 2.24) is 10.4 Å². The molecule has 1 unspecified atom stereocenters. The van der Waals surface area contributed by atoms with Gasteiger partial charge in [-0.3, -0.25) is 9.80 Å². The lowest BCUT2D eigenvalue weighted by molar-refractivity contribution is -0.113. The Morgan fingerprint density at radius 1 is 1.38 bits per heavy atom. The summed E-state index contributed by atoms with van der Waals surface area (Å²) >= 11 is 0. The van der Waals surface area contributed by atoms with Crippen molar-refractivity contribution in [2.75, 3.05) is 12.4 Å². The van der Waals surface area contributed by atoms with Crippen molar-refractivity contribution in [3.05, 3.63) is 41.4 Å². The molecule has 1 aromatic rings. The third-order valence-corrected chi connectivity index (χ3v) is 4.88. The number of aryl methyl sites for hydroxylation is 1. The van der Waals surface area contributed by atoms with Crippen LogP contribution in [0, 0.1) is 5.41 Å². The van der Waals surface area contributed by atoms with E-state index in [0.29, 0.717) is 0 Å². The van der Waals surface area contributed by atoms with Gasteiger partial charge in [0, 0.05) is 12.7 Å². The lowest BCUT2D eigenvalue weighted by Crippen LogP contribution is -2.33. The van der Waals surface area contributed by atoms with E-state index in [1.54, 1.807) is 14.0 Å². The molecule has 0 fully saturated rings. The number of hydrogen-bond donors (Lipinski definition) is 2. The van der Waals surface area contributed by atoms with E-state index in [2.05, 4.69) is 31.5 Å². The second-order valence-corrected chi connectivity index (χ2v) is 7.24. The maximum atomic E-state index is 14.1. The molecule has 0 saturated heterocycles. The first-order chi connectivity index (χ1) is 11.2. The molecule has 1 aliphatic heterocycles. The molecule has 1 aliphatic rings. The van der Waals surface area contributed by atoms with Gasteiger partial charge >= 0.3 is 0 Å². The molecule has 1 amide bonds. The number of hydrazine groups is 1. The summed E-state index contributed by atoms with van der Waals surface area (Å²) in [5.74, 6) is -0.913. The van der Waals surface area contributed by atoms with E-state index in [-0.39, 0.29) is 22.9 Å². The third-order valence-electron chi connectivity index (χ3n) is 4.88. The fraction of sp³-hybridized carbons (Fsp3) is 0.526. The Morgan fingerprint density at radius 3 is 2.62 bits per heavy atom. The first-order valence-electron chi connectivity index (χ1n) is 8.54. The van der Waals surface area contributed by atoms with Crippen LogP contribution in [0.15, 0.2) is 35.8 Å². The van der Waals surface area contributed by atoms with Crippen molar-refractivity contribution in [1.29, 1.82) is 0 Å². The predicted octanol–water partition coefficient (Wildman–Crippen LogP) is 4.01. The summed E-state index contributed by atoms with van der Waals surface area (Å²) in [5, 5.41) is 4.13. The van der Waals surface area contributed by atoms with Gasteiger partial charge in [-0.25, -0.2) is 5.43 Å². The monoisotopic (exact) mass is 333 g/mol. The van der Waals surface area contributed by atoms with Gasteiger partial charge in [0.15, 0.2) is 0 Å². The Labute approximate surface area is 144 Å². The first kappa shape index (κ1) is 18.5. The average Bonchev–Trinajstić information content (AvgIpc) is 2.79. The van der Waals surface area contributed by atoms with Crippen LogP contribution in [0.4, 0.5) is 10.1 Å². The van der Waals surface area contributed by atoms with Gasteiger partial charge in [0.25, 0.3) is 5.91 Å². The van der Waals surface area contributed by atoms with Gasteiger partial charge in [0.05, 0.1) is 11.6 Å². The number of halogens is 1. The highest BCUT2D eigenvalue weighted by Gasteiger charge is 2.31. The maximum Gasteiger partial charge on any atom is 0.257 e. The fourth-order valence-corrected chi connectivity index (χ4v) is 2.76. The predicted molar refractivity (Wildman–Crippen MR) is 96.0 cm³/mol. The van der Waals surface area contributed by atoms with Crippen LogP contribution in [0.5, 0.6) is 0 Å². The number of para-hydroxylation sites is 1. The first-order valence-corrected chi connectivity index (χ1v) is 8.54. The molecule has 0 aliphatic carbocycles. The van der Waals surface area contributed by atoms with Gasteiger partial charge < -0.3 is 5.32 Å². The highest BCUT2D eigenvalue weighted by molar-refractivity contribution is 6.05. The summed E-state index contributed by atoms with van der Waals surface area (Å²) in [6, 6.07) is 7.41. The topological polar surface area (TPSA) is 44.4 Å². The number of hydrogen-bond acceptors (Lipinski definition) is 3. The van der Waals surface area contributed by atoms with Gasteiger partial charge in [-0.05, 0) is 36.8 Å². The molecule has 1 atom stereocenters. The van der Waals surface area contributed by atoms with Gasteiger partial charge in [-0.2, -0.15) is 4.39 Å². The Bertz CT molecular complexity index is 639. The molecule has 0 bridgehead atoms. The van der Waals surface area contributed by atoms with Crippen LogP contribution in [0.3, 0.4) is 0 Å². The van der Waals surface area contributed by atoms with Crippen molar-refractivity contribution in [2.24, 2.45) is 5.41 Å². The number of amides is 1. The highest BCUT2D eigenvalue weighted by atomic mass is 19.1. The number of carbonyl (C=O) groups is 1. The molecule has 132 valence electrons. The van der Waals surface area contributed by atoms with Crippen LogP contribution in [0.1, 0.15) is 46.1 Å². The summed E-state index contributed by atoms with van der Waals surface area (Å²) in [4.78, 5) is 12.5. The quantitative estimate of drug-likeness (QED) is 0.773. The van der Waals surface area contributed by atoms with E-state index < -0.39 is 5.95 Å². The van der Waals surface area contributed by atoms with Gasteiger partial charge in [-0.1, -0.05) is 45.4 Å². The number of nitrogens with one attached hydrogen (secondary N) is 2. The fourth-order valence-electron chi connectivity index (χ4n) is 2.76. The minimum atomic E-state index is -0.524. The molecular weight excluding hydrogens is 305 g/mol. The molecule has 0 saturated carbocycles. The smallest absolute Gasteiger partial charge is 0.257 e. The second-order valence-electron chi connectivity index (χ2n) is 7.24. The Morgan fingerprint density at radius 2 is 2.04 bits per heavy atom. The van der Waals surface area contributed by atoms with Gasteiger partial charge in [0.2, 0.25) is 5.95 Å². The molecule has 0 radical (unpaired) electrons. The van der Waals surface area contributed by atoms with Crippen LogP contribution in [-0.2, 0) is 11.2 Å². The maximum absolute atomic E-state index is 14.1. The number of nitrogens with zero attached hydrogens (tertiary/aromatic N) is 1. The van der Waals surface area contributed by atoms with Crippen LogP contribution in [0.25, 0.3) is 0 Å². The Kier molecular flexibility index (Phi) is 5.65. The Hall–Kier alpha value is -1.88. The van der Waals surface area contributed by atoms with Crippen molar-refractivity contribution in [3.63, 3.8) is 0 Å². The molecule has 1 aromatic carbocycles. The number of rotatable bonds is 6. The van der Waals surface area contributed by atoms with Crippen LogP contribution in [-0.4, -0.2) is 24.0 Å². The zero-order valence-electron chi connectivity index (χ0n) is 15.2. The van der Waals surface area contributed by atoms with Crippen LogP contribution < -0.4 is 10.7 Å². The molecule has 5 heteroatoms. The van der Waals surface area contributed by atoms with Crippen molar-refractivity contribution < 1.29 is 9.18 Å². The summed E-state index contributed by atoms with van der Waals surface area (Å²) in [5.41, 5.74) is 5.12. The lowest BCUT2D eigenvalue weighted by Gasteiger charge is -2.23. The molecule has 0 aromatic heterocycles. The number of anilines is 1. The molecular formula is C19H28FN3O. The zero-order chi connectivity index (χ0) is 17.9. The van der Waals surface area contributed by atoms with Crippen molar-refractivity contribution in [3.8, 4) is 0 Å². The third kappa shape index (κ3) is 4.15. The summed E-state index contributed by atoms with van der Waals surface area (Å²) in [7, 11) is 1.56. The summed E-state index contributed by atoms with van der Waals surface area (Å²) in [6.45, 7) is 8.45. The molecule has 24 heavy (non-hydrogen) atoms. The summed E-state index contributed by atoms with van der Waals surface area (Å²) in [6.07, 6.45) is 3.02. The lowest BCUT2D eigenvalue weighted by atomic mass is 9.84. The van der Waals surface area contributed by atoms with E-state index in [4.69, 9.17) is 0 Å². The normalized spacial score (nSPS) is 18.2. The van der Waals surface area contributed by atoms with E-state index in [1.165, 1.54) is 5.01 Å². The van der Waals surface area contributed by atoms with Crippen LogP contribution in [0.2, 0.25) is 0 Å². The standard InChI is InChI=1S/C19H28FN3O/c1-6-19(3,4)12-11-14-9-7-8-10-15(14)21-18(24)16-13(2)22-23(5)17(16)20/h7-10,13,22H,6,11-12H2,1-5H3,(H,21,24). The second kappa shape index (κ2) is 7.34. The van der Waals surface area contributed by atoms with Crippen molar-refractivity contribution in [2.45, 2.75) is 53.0 Å². The van der Waals surface area contributed by atoms with E-state index in [1.807, 2.05) is 24.3 Å². The van der Waals surface area contributed by atoms with E-state index >= 15 is 0 Å². The minimum absolute atomic E-state index is 0.140. The SMILES string of the molecule is CCC(C)(C)CCc1ccccc1NC(=O)C1=C(F)N(C)NC1C. The van der Waals surface area contributed by atoms with Crippen LogP contribution >= 0.6 is 0 Å². The number of benzene rings is 1. The molecule has 2 N–H and O–H groups in total. The summed E-state index contributed by atoms with van der Waals surface area (Å²) < 4.78 is 14.1. The van der Waals surface area contributed by atoms with Crippen molar-refractivity contribution >= 4 is 11.6 Å².